The van der Waals surface area contributed by atoms with Crippen LogP contribution in [0.1, 0.15) is 11.1 Å². The van der Waals surface area contributed by atoms with Gasteiger partial charge >= 0.3 is 0 Å². The highest BCUT2D eigenvalue weighted by atomic mass is 16.2. The summed E-state index contributed by atoms with van der Waals surface area (Å²) in [6.45, 7) is 0.576. The summed E-state index contributed by atoms with van der Waals surface area (Å²) in [5.74, 6) is 5.72. The van der Waals surface area contributed by atoms with E-state index >= 15 is 0 Å². The van der Waals surface area contributed by atoms with Crippen molar-refractivity contribution >= 4 is 0 Å². The van der Waals surface area contributed by atoms with Gasteiger partial charge in [0.2, 0.25) is 0 Å². The number of hydrogen-bond donors (Lipinski definition) is 2. The number of hydrogen-bond acceptors (Lipinski definition) is 2. The molecule has 68 valence electrons. The third kappa shape index (κ3) is 3.29. The summed E-state index contributed by atoms with van der Waals surface area (Å²) >= 11 is 0. The zero-order chi connectivity index (χ0) is 9.52. The summed E-state index contributed by atoms with van der Waals surface area (Å²) in [5.41, 5.74) is 7.34. The van der Waals surface area contributed by atoms with Crippen LogP contribution in [0.25, 0.3) is 0 Å². The van der Waals surface area contributed by atoms with Crippen molar-refractivity contribution in [2.24, 2.45) is 5.73 Å². The minimum Gasteiger partial charge on any atom is -0.396 e. The summed E-state index contributed by atoms with van der Waals surface area (Å²) in [4.78, 5) is 0. The summed E-state index contributed by atoms with van der Waals surface area (Å²) < 4.78 is 0. The lowest BCUT2D eigenvalue weighted by Gasteiger charge is -1.96. The molecule has 1 aromatic rings. The number of aliphatic hydroxyl groups is 1. The molecule has 0 fully saturated rings. The largest absolute Gasteiger partial charge is 0.396 e. The van der Waals surface area contributed by atoms with Crippen LogP contribution in [0.4, 0.5) is 0 Å². The van der Waals surface area contributed by atoms with E-state index in [-0.39, 0.29) is 6.61 Å². The van der Waals surface area contributed by atoms with E-state index in [1.165, 1.54) is 0 Å². The molecule has 1 aromatic carbocycles. The number of nitrogens with two attached hydrogens (primary N) is 1. The Morgan fingerprint density at radius 2 is 1.92 bits per heavy atom. The second-order valence-electron chi connectivity index (χ2n) is 2.68. The fourth-order valence-electron chi connectivity index (χ4n) is 1.04. The first-order valence-electron chi connectivity index (χ1n) is 4.25. The van der Waals surface area contributed by atoms with E-state index in [1.54, 1.807) is 0 Å². The van der Waals surface area contributed by atoms with E-state index in [0.717, 1.165) is 11.1 Å². The van der Waals surface area contributed by atoms with Gasteiger partial charge in [0, 0.05) is 12.2 Å². The maximum atomic E-state index is 8.69. The molecule has 0 atom stereocenters. The molecule has 1 rings (SSSR count). The van der Waals surface area contributed by atoms with Crippen molar-refractivity contribution in [3.05, 3.63) is 35.4 Å². The van der Waals surface area contributed by atoms with Gasteiger partial charge in [-0.1, -0.05) is 24.0 Å². The highest BCUT2D eigenvalue weighted by Crippen LogP contribution is 2.03. The fraction of sp³-hybridized carbons (Fsp3) is 0.273. The van der Waals surface area contributed by atoms with Gasteiger partial charge < -0.3 is 10.8 Å². The molecule has 3 N–H and O–H groups in total. The summed E-state index contributed by atoms with van der Waals surface area (Å²) in [5, 5.41) is 8.69. The van der Waals surface area contributed by atoms with Crippen LogP contribution >= 0.6 is 0 Å². The fourth-order valence-corrected chi connectivity index (χ4v) is 1.04. The van der Waals surface area contributed by atoms with Crippen molar-refractivity contribution in [2.75, 3.05) is 13.2 Å². The topological polar surface area (TPSA) is 46.2 Å². The van der Waals surface area contributed by atoms with Crippen LogP contribution in [0.3, 0.4) is 0 Å². The smallest absolute Gasteiger partial charge is 0.0555 e. The van der Waals surface area contributed by atoms with Gasteiger partial charge in [-0.2, -0.15) is 0 Å². The first kappa shape index (κ1) is 9.79. The minimum atomic E-state index is 0.188. The summed E-state index contributed by atoms with van der Waals surface area (Å²) in [7, 11) is 0. The van der Waals surface area contributed by atoms with Gasteiger partial charge in [0.1, 0.15) is 0 Å². The molecule has 0 saturated carbocycles. The normalized spacial score (nSPS) is 9.08. The zero-order valence-corrected chi connectivity index (χ0v) is 7.46. The van der Waals surface area contributed by atoms with E-state index in [0.29, 0.717) is 13.0 Å². The third-order valence-corrected chi connectivity index (χ3v) is 1.69. The lowest BCUT2D eigenvalue weighted by molar-refractivity contribution is 0.299. The Morgan fingerprint density at radius 3 is 2.46 bits per heavy atom. The Bertz CT molecular complexity index is 305. The third-order valence-electron chi connectivity index (χ3n) is 1.69. The maximum Gasteiger partial charge on any atom is 0.0555 e. The van der Waals surface area contributed by atoms with Gasteiger partial charge in [0.15, 0.2) is 0 Å². The molecule has 0 spiro atoms. The van der Waals surface area contributed by atoms with Gasteiger partial charge in [0.25, 0.3) is 0 Å². The van der Waals surface area contributed by atoms with Crippen LogP contribution in [-0.4, -0.2) is 18.3 Å². The predicted octanol–water partition coefficient (Wildman–Crippen LogP) is 0.532. The van der Waals surface area contributed by atoms with E-state index in [9.17, 15) is 0 Å². The average Bonchev–Trinajstić information content (AvgIpc) is 2.17. The molecule has 13 heavy (non-hydrogen) atoms. The number of rotatable bonds is 2. The van der Waals surface area contributed by atoms with E-state index in [1.807, 2.05) is 24.3 Å². The van der Waals surface area contributed by atoms with Gasteiger partial charge in [-0.3, -0.25) is 0 Å². The van der Waals surface area contributed by atoms with E-state index < -0.39 is 0 Å². The second kappa shape index (κ2) is 5.36. The van der Waals surface area contributed by atoms with Crippen molar-refractivity contribution in [3.8, 4) is 11.8 Å². The molecule has 0 bridgehead atoms. The SMILES string of the molecule is NCC#Cc1ccc(CCO)cc1. The maximum absolute atomic E-state index is 8.69. The molecule has 0 amide bonds. The zero-order valence-electron chi connectivity index (χ0n) is 7.46. The molecular weight excluding hydrogens is 162 g/mol. The van der Waals surface area contributed by atoms with Gasteiger partial charge in [0.05, 0.1) is 6.54 Å². The molecule has 2 heteroatoms. The van der Waals surface area contributed by atoms with Crippen molar-refractivity contribution in [1.82, 2.24) is 0 Å². The molecule has 0 aliphatic carbocycles. The lowest BCUT2D eigenvalue weighted by atomic mass is 10.1. The Hall–Kier alpha value is -1.30. The predicted molar refractivity (Wildman–Crippen MR) is 53.2 cm³/mol. The van der Waals surface area contributed by atoms with Crippen LogP contribution < -0.4 is 5.73 Å². The Balaban J connectivity index is 2.69. The molecule has 0 saturated heterocycles. The van der Waals surface area contributed by atoms with Gasteiger partial charge in [-0.15, -0.1) is 0 Å². The average molecular weight is 175 g/mol. The Labute approximate surface area is 78.4 Å². The molecular formula is C11H13NO. The van der Waals surface area contributed by atoms with Crippen LogP contribution in [-0.2, 0) is 6.42 Å². The highest BCUT2D eigenvalue weighted by Gasteiger charge is 1.90. The Kier molecular flexibility index (Phi) is 4.04. The number of benzene rings is 1. The first-order valence-corrected chi connectivity index (χ1v) is 4.25. The molecule has 0 heterocycles. The summed E-state index contributed by atoms with van der Waals surface area (Å²) in [6.07, 6.45) is 0.699. The van der Waals surface area contributed by atoms with Crippen LogP contribution in [0.15, 0.2) is 24.3 Å². The molecule has 0 aliphatic heterocycles. The van der Waals surface area contributed by atoms with Crippen molar-refractivity contribution in [2.45, 2.75) is 6.42 Å². The van der Waals surface area contributed by atoms with Gasteiger partial charge in [-0.25, -0.2) is 0 Å². The summed E-state index contributed by atoms with van der Waals surface area (Å²) in [6, 6.07) is 7.81. The standard InChI is InChI=1S/C11H13NO/c12-8-1-2-10-3-5-11(6-4-10)7-9-13/h3-6,13H,7-9,12H2. The second-order valence-corrected chi connectivity index (χ2v) is 2.68. The quantitative estimate of drug-likeness (QED) is 0.644. The van der Waals surface area contributed by atoms with E-state index in [4.69, 9.17) is 10.8 Å². The molecule has 0 unspecified atom stereocenters. The van der Waals surface area contributed by atoms with E-state index in [2.05, 4.69) is 11.8 Å². The molecule has 2 nitrogen and oxygen atoms in total. The van der Waals surface area contributed by atoms with Crippen molar-refractivity contribution in [3.63, 3.8) is 0 Å². The number of aliphatic hydroxyl groups excluding tert-OH is 1. The van der Waals surface area contributed by atoms with Crippen molar-refractivity contribution in [1.29, 1.82) is 0 Å². The lowest BCUT2D eigenvalue weighted by Crippen LogP contribution is -1.93. The molecule has 0 aliphatic rings. The van der Waals surface area contributed by atoms with Crippen molar-refractivity contribution < 1.29 is 5.11 Å². The molecule has 0 radical (unpaired) electrons. The van der Waals surface area contributed by atoms with Crippen LogP contribution in [0.2, 0.25) is 0 Å². The van der Waals surface area contributed by atoms with Crippen LogP contribution in [0.5, 0.6) is 0 Å². The first-order chi connectivity index (χ1) is 6.36. The van der Waals surface area contributed by atoms with Crippen LogP contribution in [0, 0.1) is 11.8 Å². The Morgan fingerprint density at radius 1 is 1.23 bits per heavy atom. The minimum absolute atomic E-state index is 0.188. The van der Waals surface area contributed by atoms with Gasteiger partial charge in [-0.05, 0) is 24.1 Å². The monoisotopic (exact) mass is 175 g/mol. The highest BCUT2D eigenvalue weighted by molar-refractivity contribution is 5.36. The molecule has 0 aromatic heterocycles.